The average molecular weight is 384 g/mol. The van der Waals surface area contributed by atoms with Gasteiger partial charge < -0.3 is 9.47 Å². The maximum atomic E-state index is 13.2. The Labute approximate surface area is 168 Å². The van der Waals surface area contributed by atoms with Gasteiger partial charge in [0, 0.05) is 29.4 Å². The molecule has 1 aliphatic rings. The molecule has 0 spiro atoms. The molecule has 1 amide bonds. The molecule has 1 N–H and O–H groups in total. The van der Waals surface area contributed by atoms with Crippen LogP contribution in [0.25, 0.3) is 22.5 Å². The van der Waals surface area contributed by atoms with Gasteiger partial charge in [0.05, 0.1) is 18.8 Å². The summed E-state index contributed by atoms with van der Waals surface area (Å²) in [4.78, 5) is 15.0. The Morgan fingerprint density at radius 1 is 1.03 bits per heavy atom. The average Bonchev–Trinajstić information content (AvgIpc) is 3.44. The first kappa shape index (κ1) is 17.4. The van der Waals surface area contributed by atoms with Crippen molar-refractivity contribution in [3.8, 4) is 22.5 Å². The first-order chi connectivity index (χ1) is 14.2. The van der Waals surface area contributed by atoms with Crippen molar-refractivity contribution in [2.75, 3.05) is 6.54 Å². The molecular formula is C22H20N6O. The highest BCUT2D eigenvalue weighted by molar-refractivity contribution is 5.95. The van der Waals surface area contributed by atoms with Gasteiger partial charge in [-0.1, -0.05) is 42.5 Å². The van der Waals surface area contributed by atoms with Crippen LogP contribution in [0.4, 0.5) is 0 Å². The van der Waals surface area contributed by atoms with E-state index in [0.29, 0.717) is 18.7 Å². The summed E-state index contributed by atoms with van der Waals surface area (Å²) in [7, 11) is 0. The largest absolute Gasteiger partial charge is 0.329 e. The van der Waals surface area contributed by atoms with E-state index in [1.165, 1.54) is 0 Å². The molecule has 7 heteroatoms. The van der Waals surface area contributed by atoms with Crippen molar-refractivity contribution >= 4 is 5.91 Å². The fourth-order valence-electron chi connectivity index (χ4n) is 3.89. The van der Waals surface area contributed by atoms with Gasteiger partial charge in [0.25, 0.3) is 5.91 Å². The zero-order valence-electron chi connectivity index (χ0n) is 16.0. The molecule has 1 aliphatic heterocycles. The number of hydrogen-bond acceptors (Lipinski definition) is 4. The van der Waals surface area contributed by atoms with Crippen molar-refractivity contribution in [3.63, 3.8) is 0 Å². The summed E-state index contributed by atoms with van der Waals surface area (Å²) in [6, 6.07) is 17.8. The number of H-pyrrole nitrogens is 1. The number of aromatic amines is 1. The highest BCUT2D eigenvalue weighted by atomic mass is 16.2. The van der Waals surface area contributed by atoms with Crippen LogP contribution in [0.15, 0.2) is 67.0 Å². The quantitative estimate of drug-likeness (QED) is 0.586. The number of nitrogens with one attached hydrogen (secondary N) is 1. The first-order valence-corrected chi connectivity index (χ1v) is 9.58. The molecule has 0 bridgehead atoms. The lowest BCUT2D eigenvalue weighted by atomic mass is 10.0. The summed E-state index contributed by atoms with van der Waals surface area (Å²) in [5.41, 5.74) is 3.61. The van der Waals surface area contributed by atoms with Gasteiger partial charge in [0.1, 0.15) is 0 Å². The third kappa shape index (κ3) is 3.10. The van der Waals surface area contributed by atoms with Gasteiger partial charge in [0.15, 0.2) is 11.6 Å². The molecule has 2 aromatic heterocycles. The van der Waals surface area contributed by atoms with E-state index in [4.69, 9.17) is 0 Å². The number of benzene rings is 2. The van der Waals surface area contributed by atoms with Gasteiger partial charge in [0.2, 0.25) is 0 Å². The molecule has 0 saturated carbocycles. The Morgan fingerprint density at radius 2 is 1.86 bits per heavy atom. The van der Waals surface area contributed by atoms with Crippen molar-refractivity contribution < 1.29 is 4.79 Å². The Bertz CT molecular complexity index is 1150. The second-order valence-electron chi connectivity index (χ2n) is 7.28. The van der Waals surface area contributed by atoms with Gasteiger partial charge in [-0.05, 0) is 24.6 Å². The minimum Gasteiger partial charge on any atom is -0.329 e. The molecule has 2 aromatic carbocycles. The third-order valence-electron chi connectivity index (χ3n) is 5.28. The van der Waals surface area contributed by atoms with Crippen molar-refractivity contribution in [2.24, 2.45) is 0 Å². The van der Waals surface area contributed by atoms with Crippen molar-refractivity contribution in [3.05, 3.63) is 78.4 Å². The van der Waals surface area contributed by atoms with Crippen molar-refractivity contribution in [1.29, 1.82) is 0 Å². The molecule has 0 saturated heterocycles. The van der Waals surface area contributed by atoms with Crippen LogP contribution < -0.4 is 0 Å². The van der Waals surface area contributed by atoms with E-state index in [1.54, 1.807) is 6.20 Å². The maximum absolute atomic E-state index is 13.2. The summed E-state index contributed by atoms with van der Waals surface area (Å²) in [5, 5.41) is 15.6. The second kappa shape index (κ2) is 7.01. The molecule has 144 valence electrons. The maximum Gasteiger partial charge on any atom is 0.254 e. The molecule has 5 rings (SSSR count). The van der Waals surface area contributed by atoms with E-state index < -0.39 is 0 Å². The van der Waals surface area contributed by atoms with Crippen LogP contribution in [0.3, 0.4) is 0 Å². The van der Waals surface area contributed by atoms with Gasteiger partial charge in [-0.15, -0.1) is 10.2 Å². The molecule has 0 unspecified atom stereocenters. The Morgan fingerprint density at radius 3 is 2.66 bits per heavy atom. The van der Waals surface area contributed by atoms with Gasteiger partial charge >= 0.3 is 0 Å². The standard InChI is InChI=1S/C22H20N6O/c1-15-13-27(14-20-25-26-21(28(15)20)16-6-3-2-4-7-16)22(29)18-9-5-8-17(10-18)19-11-23-24-12-19/h2-12,15H,13-14H2,1H3,(H,23,24)/t15-/m0/s1. The number of aromatic nitrogens is 5. The van der Waals surface area contributed by atoms with E-state index in [1.807, 2.05) is 65.7 Å². The molecule has 0 radical (unpaired) electrons. The molecular weight excluding hydrogens is 364 g/mol. The van der Waals surface area contributed by atoms with Crippen LogP contribution >= 0.6 is 0 Å². The zero-order chi connectivity index (χ0) is 19.8. The number of carbonyl (C=O) groups excluding carboxylic acids is 1. The lowest BCUT2D eigenvalue weighted by Gasteiger charge is -2.32. The van der Waals surface area contributed by atoms with E-state index in [0.717, 1.165) is 28.3 Å². The molecule has 3 heterocycles. The fourth-order valence-corrected chi connectivity index (χ4v) is 3.89. The fraction of sp³-hybridized carbons (Fsp3) is 0.182. The second-order valence-corrected chi connectivity index (χ2v) is 7.28. The van der Waals surface area contributed by atoms with Crippen LogP contribution in [0.5, 0.6) is 0 Å². The molecule has 7 nitrogen and oxygen atoms in total. The topological polar surface area (TPSA) is 79.7 Å². The highest BCUT2D eigenvalue weighted by Crippen LogP contribution is 2.28. The smallest absolute Gasteiger partial charge is 0.254 e. The van der Waals surface area contributed by atoms with E-state index in [-0.39, 0.29) is 11.9 Å². The van der Waals surface area contributed by atoms with Gasteiger partial charge in [-0.3, -0.25) is 9.89 Å². The van der Waals surface area contributed by atoms with Crippen LogP contribution in [-0.2, 0) is 6.54 Å². The van der Waals surface area contributed by atoms with Crippen molar-refractivity contribution in [1.82, 2.24) is 29.9 Å². The summed E-state index contributed by atoms with van der Waals surface area (Å²) in [5.74, 6) is 1.65. The molecule has 0 aliphatic carbocycles. The number of fused-ring (bicyclic) bond motifs is 1. The predicted molar refractivity (Wildman–Crippen MR) is 109 cm³/mol. The molecule has 0 fully saturated rings. The Kier molecular flexibility index (Phi) is 4.20. The van der Waals surface area contributed by atoms with E-state index >= 15 is 0 Å². The minimum atomic E-state index is -0.00212. The number of hydrogen-bond donors (Lipinski definition) is 1. The van der Waals surface area contributed by atoms with Gasteiger partial charge in [-0.2, -0.15) is 5.10 Å². The highest BCUT2D eigenvalue weighted by Gasteiger charge is 2.30. The first-order valence-electron chi connectivity index (χ1n) is 9.58. The normalized spacial score (nSPS) is 15.9. The lowest BCUT2D eigenvalue weighted by Crippen LogP contribution is -2.40. The Hall–Kier alpha value is -3.74. The van der Waals surface area contributed by atoms with E-state index in [2.05, 4.69) is 31.9 Å². The monoisotopic (exact) mass is 384 g/mol. The Balaban J connectivity index is 1.43. The SMILES string of the molecule is C[C@H]1CN(C(=O)c2cccc(-c3cn[nH]c3)c2)Cc2nnc(-c3ccccc3)n21. The van der Waals surface area contributed by atoms with E-state index in [9.17, 15) is 4.79 Å². The third-order valence-corrected chi connectivity index (χ3v) is 5.28. The predicted octanol–water partition coefficient (Wildman–Crippen LogP) is 3.55. The van der Waals surface area contributed by atoms with Crippen LogP contribution in [0.1, 0.15) is 29.1 Å². The molecule has 4 aromatic rings. The van der Waals surface area contributed by atoms with Gasteiger partial charge in [-0.25, -0.2) is 0 Å². The number of amides is 1. The number of nitrogens with zero attached hydrogens (tertiary/aromatic N) is 5. The summed E-state index contributed by atoms with van der Waals surface area (Å²) < 4.78 is 2.14. The summed E-state index contributed by atoms with van der Waals surface area (Å²) in [6.45, 7) is 3.15. The summed E-state index contributed by atoms with van der Waals surface area (Å²) in [6.07, 6.45) is 3.57. The molecule has 29 heavy (non-hydrogen) atoms. The number of carbonyl (C=O) groups is 1. The van der Waals surface area contributed by atoms with Crippen LogP contribution in [0, 0.1) is 0 Å². The number of rotatable bonds is 3. The minimum absolute atomic E-state index is 0.00212. The van der Waals surface area contributed by atoms with Crippen LogP contribution in [-0.4, -0.2) is 42.3 Å². The van der Waals surface area contributed by atoms with Crippen LogP contribution in [0.2, 0.25) is 0 Å². The zero-order valence-corrected chi connectivity index (χ0v) is 16.0. The lowest BCUT2D eigenvalue weighted by molar-refractivity contribution is 0.0682. The van der Waals surface area contributed by atoms with Crippen molar-refractivity contribution in [2.45, 2.75) is 19.5 Å². The summed E-state index contributed by atoms with van der Waals surface area (Å²) >= 11 is 0. The molecule has 1 atom stereocenters.